The van der Waals surface area contributed by atoms with Crippen LogP contribution in [0.4, 0.5) is 4.79 Å². The minimum absolute atomic E-state index is 0.216. The number of hydrogen-bond donors (Lipinski definition) is 1. The van der Waals surface area contributed by atoms with Crippen molar-refractivity contribution in [1.82, 2.24) is 20.0 Å². The third kappa shape index (κ3) is 3.01. The number of fused-ring (bicyclic) bond motifs is 1. The SMILES string of the molecule is CCCCCCN1C(N2CCCC2)=NC2C1C(=O)NC(=O)N2C. The Bertz CT molecular complexity index is 501. The lowest BCUT2D eigenvalue weighted by Gasteiger charge is -2.37. The first-order chi connectivity index (χ1) is 11.1. The minimum atomic E-state index is -0.391. The topological polar surface area (TPSA) is 68.2 Å². The predicted molar refractivity (Wildman–Crippen MR) is 88.0 cm³/mol. The molecule has 0 aromatic rings. The number of likely N-dealkylation sites (N-methyl/N-ethyl adjacent to an activating group) is 1. The number of urea groups is 1. The summed E-state index contributed by atoms with van der Waals surface area (Å²) in [4.78, 5) is 35.0. The van der Waals surface area contributed by atoms with Crippen LogP contribution in [0.1, 0.15) is 45.4 Å². The number of unbranched alkanes of at least 4 members (excludes halogenated alkanes) is 3. The highest BCUT2D eigenvalue weighted by Gasteiger charge is 2.49. The van der Waals surface area contributed by atoms with Crippen molar-refractivity contribution in [2.45, 2.75) is 57.7 Å². The summed E-state index contributed by atoms with van der Waals surface area (Å²) in [5.74, 6) is 0.692. The fraction of sp³-hybridized carbons (Fsp3) is 0.812. The first-order valence-electron chi connectivity index (χ1n) is 8.80. The summed E-state index contributed by atoms with van der Waals surface area (Å²) >= 11 is 0. The predicted octanol–water partition coefficient (Wildman–Crippen LogP) is 1.21. The molecule has 3 heterocycles. The molecule has 0 saturated carbocycles. The Morgan fingerprint density at radius 3 is 2.61 bits per heavy atom. The molecule has 1 N–H and O–H groups in total. The Balaban J connectivity index is 1.79. The second-order valence-electron chi connectivity index (χ2n) is 6.64. The Hall–Kier alpha value is -1.79. The summed E-state index contributed by atoms with van der Waals surface area (Å²) < 4.78 is 0. The number of aliphatic imine (C=N–C) groups is 1. The van der Waals surface area contributed by atoms with Crippen molar-refractivity contribution in [2.75, 3.05) is 26.7 Å². The van der Waals surface area contributed by atoms with Crippen LogP contribution < -0.4 is 5.32 Å². The molecule has 2 unspecified atom stereocenters. The summed E-state index contributed by atoms with van der Waals surface area (Å²) in [5.41, 5.74) is 0. The van der Waals surface area contributed by atoms with Gasteiger partial charge in [-0.25, -0.2) is 9.79 Å². The monoisotopic (exact) mass is 321 g/mol. The second-order valence-corrected chi connectivity index (χ2v) is 6.64. The van der Waals surface area contributed by atoms with E-state index < -0.39 is 6.17 Å². The average molecular weight is 321 g/mol. The summed E-state index contributed by atoms with van der Waals surface area (Å²) in [6.45, 7) is 5.00. The zero-order chi connectivity index (χ0) is 16.4. The van der Waals surface area contributed by atoms with Crippen molar-refractivity contribution in [3.8, 4) is 0 Å². The largest absolute Gasteiger partial charge is 0.343 e. The lowest BCUT2D eigenvalue weighted by atomic mass is 10.1. The number of likely N-dealkylation sites (tertiary alicyclic amines) is 1. The van der Waals surface area contributed by atoms with Crippen molar-refractivity contribution >= 4 is 17.9 Å². The molecule has 2 atom stereocenters. The van der Waals surface area contributed by atoms with E-state index in [0.29, 0.717) is 0 Å². The van der Waals surface area contributed by atoms with Crippen LogP contribution in [0, 0.1) is 0 Å². The summed E-state index contributed by atoms with van der Waals surface area (Å²) in [6, 6.07) is -0.733. The molecule has 2 fully saturated rings. The Kier molecular flexibility index (Phi) is 4.73. The smallest absolute Gasteiger partial charge is 0.325 e. The van der Waals surface area contributed by atoms with Gasteiger partial charge in [-0.15, -0.1) is 0 Å². The Labute approximate surface area is 137 Å². The molecule has 3 rings (SSSR count). The zero-order valence-corrected chi connectivity index (χ0v) is 14.1. The number of guanidine groups is 1. The normalized spacial score (nSPS) is 27.4. The molecule has 0 aromatic heterocycles. The maximum Gasteiger partial charge on any atom is 0.325 e. The minimum Gasteiger partial charge on any atom is -0.343 e. The van der Waals surface area contributed by atoms with Gasteiger partial charge in [-0.3, -0.25) is 10.1 Å². The van der Waals surface area contributed by atoms with E-state index in [-0.39, 0.29) is 18.0 Å². The lowest BCUT2D eigenvalue weighted by Crippen LogP contribution is -2.64. The number of amides is 3. The molecule has 3 aliphatic heterocycles. The van der Waals surface area contributed by atoms with Crippen molar-refractivity contribution < 1.29 is 9.59 Å². The molecule has 7 nitrogen and oxygen atoms in total. The van der Waals surface area contributed by atoms with Gasteiger partial charge in [-0.05, 0) is 19.3 Å². The van der Waals surface area contributed by atoms with Crippen molar-refractivity contribution in [2.24, 2.45) is 4.99 Å². The highest BCUT2D eigenvalue weighted by atomic mass is 16.2. The van der Waals surface area contributed by atoms with Gasteiger partial charge in [0, 0.05) is 26.7 Å². The fourth-order valence-corrected chi connectivity index (χ4v) is 3.64. The maximum atomic E-state index is 12.4. The van der Waals surface area contributed by atoms with Crippen LogP contribution in [0.15, 0.2) is 4.99 Å². The lowest BCUT2D eigenvalue weighted by molar-refractivity contribution is -0.127. The molecule has 0 radical (unpaired) electrons. The summed E-state index contributed by atoms with van der Waals surface area (Å²) in [7, 11) is 1.71. The van der Waals surface area contributed by atoms with Gasteiger partial charge in [0.1, 0.15) is 0 Å². The van der Waals surface area contributed by atoms with Crippen molar-refractivity contribution in [3.63, 3.8) is 0 Å². The number of carbonyl (C=O) groups excluding carboxylic acids is 2. The highest BCUT2D eigenvalue weighted by molar-refractivity contribution is 6.03. The highest BCUT2D eigenvalue weighted by Crippen LogP contribution is 2.27. The van der Waals surface area contributed by atoms with Crippen LogP contribution >= 0.6 is 0 Å². The molecule has 3 amide bonds. The number of nitrogens with zero attached hydrogens (tertiary/aromatic N) is 4. The first kappa shape index (κ1) is 16.1. The standard InChI is InChI=1S/C16H27N5O2/c1-3-4-5-6-11-21-12-13(19(2)16(23)18-14(12)22)17-15(21)20-9-7-8-10-20/h12-13H,3-11H2,1-2H3,(H,18,22,23). The van der Waals surface area contributed by atoms with Gasteiger partial charge >= 0.3 is 6.03 Å². The number of nitrogens with one attached hydrogen (secondary N) is 1. The molecular weight excluding hydrogens is 294 g/mol. The molecule has 3 aliphatic rings. The van der Waals surface area contributed by atoms with E-state index >= 15 is 0 Å². The van der Waals surface area contributed by atoms with Gasteiger partial charge in [-0.1, -0.05) is 26.2 Å². The summed E-state index contributed by atoms with van der Waals surface area (Å²) in [6.07, 6.45) is 6.55. The fourth-order valence-electron chi connectivity index (χ4n) is 3.64. The number of carbonyl (C=O) groups is 2. The Morgan fingerprint density at radius 1 is 1.17 bits per heavy atom. The van der Waals surface area contributed by atoms with Gasteiger partial charge in [0.25, 0.3) is 5.91 Å². The molecule has 0 bridgehead atoms. The van der Waals surface area contributed by atoms with E-state index in [9.17, 15) is 9.59 Å². The third-order valence-electron chi connectivity index (χ3n) is 4.98. The van der Waals surface area contributed by atoms with E-state index in [2.05, 4.69) is 22.0 Å². The average Bonchev–Trinajstić information content (AvgIpc) is 3.16. The molecule has 0 aliphatic carbocycles. The Morgan fingerprint density at radius 2 is 1.91 bits per heavy atom. The number of hydrogen-bond acceptors (Lipinski definition) is 5. The van der Waals surface area contributed by atoms with E-state index in [0.717, 1.165) is 38.4 Å². The second kappa shape index (κ2) is 6.76. The van der Waals surface area contributed by atoms with E-state index in [1.165, 1.54) is 25.7 Å². The summed E-state index contributed by atoms with van der Waals surface area (Å²) in [5, 5.41) is 2.46. The van der Waals surface area contributed by atoms with Crippen molar-refractivity contribution in [3.05, 3.63) is 0 Å². The quantitative estimate of drug-likeness (QED) is 0.773. The van der Waals surface area contributed by atoms with Gasteiger partial charge in [0.15, 0.2) is 18.2 Å². The number of imide groups is 1. The number of rotatable bonds is 5. The molecule has 0 aromatic carbocycles. The van der Waals surface area contributed by atoms with Crippen LogP contribution in [0.25, 0.3) is 0 Å². The van der Waals surface area contributed by atoms with Crippen LogP contribution in [-0.2, 0) is 4.79 Å². The van der Waals surface area contributed by atoms with E-state index in [1.54, 1.807) is 11.9 Å². The van der Waals surface area contributed by atoms with Gasteiger partial charge in [0.2, 0.25) is 0 Å². The third-order valence-corrected chi connectivity index (χ3v) is 4.98. The molecule has 2 saturated heterocycles. The molecular formula is C16H27N5O2. The van der Waals surface area contributed by atoms with Crippen LogP contribution in [0.3, 0.4) is 0 Å². The van der Waals surface area contributed by atoms with Crippen LogP contribution in [-0.4, -0.2) is 71.5 Å². The van der Waals surface area contributed by atoms with Gasteiger partial charge in [-0.2, -0.15) is 0 Å². The molecule has 7 heteroatoms. The van der Waals surface area contributed by atoms with Crippen LogP contribution in [0.5, 0.6) is 0 Å². The van der Waals surface area contributed by atoms with Crippen LogP contribution in [0.2, 0.25) is 0 Å². The molecule has 0 spiro atoms. The van der Waals surface area contributed by atoms with Crippen molar-refractivity contribution in [1.29, 1.82) is 0 Å². The molecule has 128 valence electrons. The molecule has 23 heavy (non-hydrogen) atoms. The van der Waals surface area contributed by atoms with Gasteiger partial charge in [0.05, 0.1) is 0 Å². The van der Waals surface area contributed by atoms with Gasteiger partial charge < -0.3 is 14.7 Å². The zero-order valence-electron chi connectivity index (χ0n) is 14.1. The first-order valence-corrected chi connectivity index (χ1v) is 8.80. The van der Waals surface area contributed by atoms with E-state index in [1.807, 2.05) is 0 Å². The maximum absolute atomic E-state index is 12.4. The van der Waals surface area contributed by atoms with E-state index in [4.69, 9.17) is 4.99 Å².